The summed E-state index contributed by atoms with van der Waals surface area (Å²) in [5, 5.41) is 7.53. The van der Waals surface area contributed by atoms with Crippen molar-refractivity contribution in [3.8, 4) is 0 Å². The normalized spacial score (nSPS) is 18.4. The third-order valence-electron chi connectivity index (χ3n) is 4.23. The van der Waals surface area contributed by atoms with E-state index < -0.39 is 0 Å². The Morgan fingerprint density at radius 1 is 1.26 bits per heavy atom. The topological polar surface area (TPSA) is 54.0 Å². The van der Waals surface area contributed by atoms with E-state index in [1.165, 1.54) is 12.8 Å². The maximum atomic E-state index is 12.3. The quantitative estimate of drug-likeness (QED) is 0.888. The van der Waals surface area contributed by atoms with Crippen LogP contribution in [0, 0.1) is 5.92 Å². The van der Waals surface area contributed by atoms with Gasteiger partial charge in [-0.05, 0) is 50.9 Å². The first-order valence-corrected chi connectivity index (χ1v) is 7.61. The van der Waals surface area contributed by atoms with Gasteiger partial charge in [0.05, 0.1) is 5.52 Å². The molecule has 0 aliphatic carbocycles. The lowest BCUT2D eigenvalue weighted by atomic mass is 9.93. The van der Waals surface area contributed by atoms with Crippen molar-refractivity contribution in [2.75, 3.05) is 13.1 Å². The zero-order valence-corrected chi connectivity index (χ0v) is 14.8. The summed E-state index contributed by atoms with van der Waals surface area (Å²) >= 11 is 0. The van der Waals surface area contributed by atoms with E-state index in [4.69, 9.17) is 0 Å². The molecule has 4 nitrogen and oxygen atoms in total. The SMILES string of the molecule is CC(NC(=O)c1ccc2ccccc2n1)C1CCCNC1.Cl.Cl. The fraction of sp³-hybridized carbons (Fsp3) is 0.412. The number of piperidine rings is 1. The summed E-state index contributed by atoms with van der Waals surface area (Å²) in [6, 6.07) is 11.8. The Bertz CT molecular complexity index is 645. The Kier molecular flexibility index (Phi) is 7.76. The van der Waals surface area contributed by atoms with Crippen molar-refractivity contribution in [3.05, 3.63) is 42.1 Å². The Morgan fingerprint density at radius 3 is 2.78 bits per heavy atom. The van der Waals surface area contributed by atoms with Crippen LogP contribution in [-0.4, -0.2) is 30.0 Å². The van der Waals surface area contributed by atoms with Crippen molar-refractivity contribution < 1.29 is 4.79 Å². The number of nitrogens with one attached hydrogen (secondary N) is 2. The second-order valence-corrected chi connectivity index (χ2v) is 5.76. The monoisotopic (exact) mass is 355 g/mol. The van der Waals surface area contributed by atoms with E-state index in [2.05, 4.69) is 22.5 Å². The third-order valence-corrected chi connectivity index (χ3v) is 4.23. The molecule has 1 amide bonds. The molecule has 2 unspecified atom stereocenters. The summed E-state index contributed by atoms with van der Waals surface area (Å²) < 4.78 is 0. The van der Waals surface area contributed by atoms with Crippen LogP contribution in [0.3, 0.4) is 0 Å². The second kappa shape index (κ2) is 9.06. The number of benzene rings is 1. The molecular weight excluding hydrogens is 333 g/mol. The predicted molar refractivity (Wildman–Crippen MR) is 98.8 cm³/mol. The van der Waals surface area contributed by atoms with Crippen LogP contribution in [0.2, 0.25) is 0 Å². The number of hydrogen-bond donors (Lipinski definition) is 2. The van der Waals surface area contributed by atoms with E-state index in [-0.39, 0.29) is 36.8 Å². The van der Waals surface area contributed by atoms with Crippen molar-refractivity contribution in [2.24, 2.45) is 5.92 Å². The highest BCUT2D eigenvalue weighted by atomic mass is 35.5. The highest BCUT2D eigenvalue weighted by molar-refractivity contribution is 5.95. The molecule has 1 saturated heterocycles. The summed E-state index contributed by atoms with van der Waals surface area (Å²) in [7, 11) is 0. The molecule has 126 valence electrons. The van der Waals surface area contributed by atoms with E-state index in [1.807, 2.05) is 30.3 Å². The van der Waals surface area contributed by atoms with Crippen LogP contribution in [0.5, 0.6) is 0 Å². The highest BCUT2D eigenvalue weighted by Crippen LogP contribution is 2.15. The van der Waals surface area contributed by atoms with Gasteiger partial charge < -0.3 is 10.6 Å². The van der Waals surface area contributed by atoms with Gasteiger partial charge in [-0.1, -0.05) is 24.3 Å². The van der Waals surface area contributed by atoms with Crippen molar-refractivity contribution in [3.63, 3.8) is 0 Å². The van der Waals surface area contributed by atoms with Crippen LogP contribution in [-0.2, 0) is 0 Å². The fourth-order valence-corrected chi connectivity index (χ4v) is 2.90. The van der Waals surface area contributed by atoms with E-state index in [0.29, 0.717) is 11.6 Å². The molecule has 0 spiro atoms. The summed E-state index contributed by atoms with van der Waals surface area (Å²) in [6.07, 6.45) is 2.35. The summed E-state index contributed by atoms with van der Waals surface area (Å²) in [6.45, 7) is 4.15. The van der Waals surface area contributed by atoms with Gasteiger partial charge in [0, 0.05) is 11.4 Å². The Labute approximate surface area is 149 Å². The van der Waals surface area contributed by atoms with Gasteiger partial charge in [-0.2, -0.15) is 0 Å². The average Bonchev–Trinajstić information content (AvgIpc) is 2.55. The molecule has 1 aromatic heterocycles. The molecule has 0 radical (unpaired) electrons. The fourth-order valence-electron chi connectivity index (χ4n) is 2.90. The predicted octanol–water partition coefficient (Wildman–Crippen LogP) is 3.20. The zero-order chi connectivity index (χ0) is 14.7. The van der Waals surface area contributed by atoms with Crippen LogP contribution in [0.15, 0.2) is 36.4 Å². The maximum absolute atomic E-state index is 12.3. The lowest BCUT2D eigenvalue weighted by Crippen LogP contribution is -2.44. The Morgan fingerprint density at radius 2 is 2.04 bits per heavy atom. The number of fused-ring (bicyclic) bond motifs is 1. The molecule has 1 aliphatic rings. The minimum atomic E-state index is -0.0844. The first-order chi connectivity index (χ1) is 10.2. The molecule has 23 heavy (non-hydrogen) atoms. The number of hydrogen-bond acceptors (Lipinski definition) is 3. The van der Waals surface area contributed by atoms with Crippen molar-refractivity contribution in [1.82, 2.24) is 15.6 Å². The van der Waals surface area contributed by atoms with Gasteiger partial charge in [0.2, 0.25) is 0 Å². The number of rotatable bonds is 3. The van der Waals surface area contributed by atoms with E-state index in [1.54, 1.807) is 6.07 Å². The largest absolute Gasteiger partial charge is 0.348 e. The maximum Gasteiger partial charge on any atom is 0.270 e. The number of amides is 1. The first kappa shape index (κ1) is 19.7. The Hall–Kier alpha value is -1.36. The lowest BCUT2D eigenvalue weighted by molar-refractivity contribution is 0.0917. The van der Waals surface area contributed by atoms with Gasteiger partial charge in [0.25, 0.3) is 5.91 Å². The third kappa shape index (κ3) is 4.80. The molecule has 0 saturated carbocycles. The zero-order valence-electron chi connectivity index (χ0n) is 13.1. The molecular formula is C17H23Cl2N3O. The molecule has 2 atom stereocenters. The first-order valence-electron chi connectivity index (χ1n) is 7.61. The number of halogens is 2. The van der Waals surface area contributed by atoms with Gasteiger partial charge in [-0.15, -0.1) is 24.8 Å². The molecule has 2 aromatic rings. The lowest BCUT2D eigenvalue weighted by Gasteiger charge is -2.28. The van der Waals surface area contributed by atoms with Crippen molar-refractivity contribution in [2.45, 2.75) is 25.8 Å². The van der Waals surface area contributed by atoms with Crippen molar-refractivity contribution in [1.29, 1.82) is 0 Å². The van der Waals surface area contributed by atoms with Gasteiger partial charge in [-0.25, -0.2) is 4.98 Å². The Balaban J connectivity index is 0.00000132. The minimum Gasteiger partial charge on any atom is -0.348 e. The molecule has 1 aliphatic heterocycles. The van der Waals surface area contributed by atoms with Crippen LogP contribution >= 0.6 is 24.8 Å². The van der Waals surface area contributed by atoms with E-state index >= 15 is 0 Å². The highest BCUT2D eigenvalue weighted by Gasteiger charge is 2.22. The number of carbonyl (C=O) groups is 1. The molecule has 2 N–H and O–H groups in total. The number of aromatic nitrogens is 1. The second-order valence-electron chi connectivity index (χ2n) is 5.76. The molecule has 1 aromatic carbocycles. The van der Waals surface area contributed by atoms with Gasteiger partial charge in [-0.3, -0.25) is 4.79 Å². The number of carbonyl (C=O) groups excluding carboxylic acids is 1. The molecule has 1 fully saturated rings. The van der Waals surface area contributed by atoms with Crippen molar-refractivity contribution >= 4 is 41.6 Å². The summed E-state index contributed by atoms with van der Waals surface area (Å²) in [4.78, 5) is 16.8. The number of para-hydroxylation sites is 1. The van der Waals surface area contributed by atoms with Gasteiger partial charge in [0.15, 0.2) is 0 Å². The van der Waals surface area contributed by atoms with Gasteiger partial charge >= 0.3 is 0 Å². The standard InChI is InChI=1S/C17H21N3O.2ClH/c1-12(14-6-4-10-18-11-14)19-17(21)16-9-8-13-5-2-3-7-15(13)20-16;;/h2-3,5,7-9,12,14,18H,4,6,10-11H2,1H3,(H,19,21);2*1H. The smallest absolute Gasteiger partial charge is 0.270 e. The van der Waals surface area contributed by atoms with Gasteiger partial charge in [0.1, 0.15) is 5.69 Å². The van der Waals surface area contributed by atoms with Crippen LogP contribution in [0.25, 0.3) is 10.9 Å². The summed E-state index contributed by atoms with van der Waals surface area (Å²) in [5.41, 5.74) is 1.35. The van der Waals surface area contributed by atoms with Crippen LogP contribution in [0.1, 0.15) is 30.3 Å². The number of nitrogens with zero attached hydrogens (tertiary/aromatic N) is 1. The number of pyridine rings is 1. The molecule has 3 rings (SSSR count). The molecule has 6 heteroatoms. The van der Waals surface area contributed by atoms with Crippen LogP contribution in [0.4, 0.5) is 0 Å². The average molecular weight is 356 g/mol. The molecule has 2 heterocycles. The van der Waals surface area contributed by atoms with Crippen LogP contribution < -0.4 is 10.6 Å². The van der Waals surface area contributed by atoms with E-state index in [9.17, 15) is 4.79 Å². The molecule has 0 bridgehead atoms. The van der Waals surface area contributed by atoms with E-state index in [0.717, 1.165) is 24.0 Å². The minimum absolute atomic E-state index is 0. The summed E-state index contributed by atoms with van der Waals surface area (Å²) in [5.74, 6) is 0.419.